The lowest BCUT2D eigenvalue weighted by molar-refractivity contribution is 0.196. The Bertz CT molecular complexity index is 219. The molecule has 15 heavy (non-hydrogen) atoms. The van der Waals surface area contributed by atoms with Gasteiger partial charge in [0.25, 0.3) is 0 Å². The van der Waals surface area contributed by atoms with Crippen LogP contribution in [0.3, 0.4) is 0 Å². The van der Waals surface area contributed by atoms with Crippen LogP contribution in [0.5, 0.6) is 0 Å². The van der Waals surface area contributed by atoms with Gasteiger partial charge in [-0.3, -0.25) is 0 Å². The molecule has 0 aromatic carbocycles. The van der Waals surface area contributed by atoms with Crippen molar-refractivity contribution < 1.29 is 0 Å². The first-order valence-electron chi connectivity index (χ1n) is 6.57. The number of nitrogens with one attached hydrogen (secondary N) is 1. The zero-order valence-electron chi connectivity index (χ0n) is 10.3. The first kappa shape index (κ1) is 11.2. The second-order valence-electron chi connectivity index (χ2n) is 6.09. The molecule has 0 aliphatic heterocycles. The quantitative estimate of drug-likeness (QED) is 0.681. The Labute approximate surface area is 94.3 Å². The average molecular weight is 207 g/mol. The number of rotatable bonds is 2. The number of allylic oxidation sites excluding steroid dienone is 1. The van der Waals surface area contributed by atoms with Crippen molar-refractivity contribution in [3.63, 3.8) is 0 Å². The van der Waals surface area contributed by atoms with Crippen molar-refractivity contribution >= 4 is 0 Å². The van der Waals surface area contributed by atoms with E-state index >= 15 is 0 Å². The lowest BCUT2D eigenvalue weighted by atomic mass is 9.75. The minimum absolute atomic E-state index is 0.602. The fourth-order valence-corrected chi connectivity index (χ4v) is 2.84. The van der Waals surface area contributed by atoms with Gasteiger partial charge in [-0.2, -0.15) is 0 Å². The Morgan fingerprint density at radius 3 is 2.33 bits per heavy atom. The summed E-state index contributed by atoms with van der Waals surface area (Å²) in [5.74, 6) is 0. The van der Waals surface area contributed by atoms with Gasteiger partial charge in [0.2, 0.25) is 0 Å². The zero-order valence-corrected chi connectivity index (χ0v) is 10.3. The van der Waals surface area contributed by atoms with Crippen LogP contribution in [0.2, 0.25) is 0 Å². The smallest absolute Gasteiger partial charge is 0.0107 e. The van der Waals surface area contributed by atoms with E-state index in [1.54, 1.807) is 0 Å². The molecule has 0 amide bonds. The summed E-state index contributed by atoms with van der Waals surface area (Å²) < 4.78 is 0. The van der Waals surface area contributed by atoms with Gasteiger partial charge in [0.05, 0.1) is 0 Å². The van der Waals surface area contributed by atoms with E-state index in [2.05, 4.69) is 31.3 Å². The summed E-state index contributed by atoms with van der Waals surface area (Å²) in [5.41, 5.74) is 0.602. The normalized spacial score (nSPS) is 31.7. The molecular formula is C14H25N. The molecule has 0 radical (unpaired) electrons. The van der Waals surface area contributed by atoms with Gasteiger partial charge < -0.3 is 5.32 Å². The Morgan fingerprint density at radius 1 is 1.00 bits per heavy atom. The maximum absolute atomic E-state index is 3.84. The molecule has 0 aromatic rings. The van der Waals surface area contributed by atoms with Crippen molar-refractivity contribution in [3.8, 4) is 0 Å². The van der Waals surface area contributed by atoms with Crippen LogP contribution in [-0.2, 0) is 0 Å². The highest BCUT2D eigenvalue weighted by atomic mass is 14.9. The lowest BCUT2D eigenvalue weighted by Gasteiger charge is -2.36. The minimum Gasteiger partial charge on any atom is -0.311 e. The van der Waals surface area contributed by atoms with Crippen LogP contribution in [0.4, 0.5) is 0 Å². The van der Waals surface area contributed by atoms with Crippen molar-refractivity contribution in [2.75, 3.05) is 0 Å². The molecule has 0 aromatic heterocycles. The SMILES string of the molecule is CC1(C)CCC(NC2CC=CCC2)CC1. The highest BCUT2D eigenvalue weighted by Crippen LogP contribution is 2.35. The molecule has 86 valence electrons. The Kier molecular flexibility index (Phi) is 3.50. The van der Waals surface area contributed by atoms with Crippen LogP contribution in [-0.4, -0.2) is 12.1 Å². The molecule has 1 heteroatoms. The van der Waals surface area contributed by atoms with Crippen LogP contribution in [0.25, 0.3) is 0 Å². The maximum atomic E-state index is 3.84. The van der Waals surface area contributed by atoms with E-state index in [-0.39, 0.29) is 0 Å². The summed E-state index contributed by atoms with van der Waals surface area (Å²) >= 11 is 0. The van der Waals surface area contributed by atoms with E-state index in [9.17, 15) is 0 Å². The molecule has 1 fully saturated rings. The number of hydrogen-bond acceptors (Lipinski definition) is 1. The van der Waals surface area contributed by atoms with Gasteiger partial charge in [0.1, 0.15) is 0 Å². The van der Waals surface area contributed by atoms with Crippen LogP contribution in [0.1, 0.15) is 58.8 Å². The second-order valence-corrected chi connectivity index (χ2v) is 6.09. The first-order valence-corrected chi connectivity index (χ1v) is 6.57. The van der Waals surface area contributed by atoms with Gasteiger partial charge in [-0.05, 0) is 50.4 Å². The van der Waals surface area contributed by atoms with Gasteiger partial charge in [0, 0.05) is 12.1 Å². The zero-order chi connectivity index (χ0) is 10.7. The minimum atomic E-state index is 0.602. The molecule has 1 atom stereocenters. The van der Waals surface area contributed by atoms with Crippen molar-refractivity contribution in [3.05, 3.63) is 12.2 Å². The Hall–Kier alpha value is -0.300. The van der Waals surface area contributed by atoms with E-state index in [0.717, 1.165) is 12.1 Å². The van der Waals surface area contributed by atoms with Gasteiger partial charge in [-0.15, -0.1) is 0 Å². The summed E-state index contributed by atoms with van der Waals surface area (Å²) in [5, 5.41) is 3.84. The van der Waals surface area contributed by atoms with Crippen molar-refractivity contribution in [1.29, 1.82) is 0 Å². The second kappa shape index (κ2) is 4.69. The third-order valence-corrected chi connectivity index (χ3v) is 4.08. The molecule has 1 unspecified atom stereocenters. The van der Waals surface area contributed by atoms with Gasteiger partial charge in [-0.25, -0.2) is 0 Å². The predicted molar refractivity (Wildman–Crippen MR) is 66.0 cm³/mol. The van der Waals surface area contributed by atoms with E-state index < -0.39 is 0 Å². The largest absolute Gasteiger partial charge is 0.311 e. The van der Waals surface area contributed by atoms with Gasteiger partial charge in [-0.1, -0.05) is 26.0 Å². The first-order chi connectivity index (χ1) is 7.16. The molecule has 2 aliphatic rings. The summed E-state index contributed by atoms with van der Waals surface area (Å²) in [6, 6.07) is 1.57. The van der Waals surface area contributed by atoms with E-state index in [1.165, 1.54) is 44.9 Å². The molecule has 0 saturated heterocycles. The van der Waals surface area contributed by atoms with Crippen LogP contribution in [0.15, 0.2) is 12.2 Å². The Morgan fingerprint density at radius 2 is 1.73 bits per heavy atom. The third kappa shape index (κ3) is 3.34. The van der Waals surface area contributed by atoms with Crippen molar-refractivity contribution in [2.45, 2.75) is 70.9 Å². The molecule has 0 spiro atoms. The molecule has 0 heterocycles. The monoisotopic (exact) mass is 207 g/mol. The highest BCUT2D eigenvalue weighted by Gasteiger charge is 2.27. The fraction of sp³-hybridized carbons (Fsp3) is 0.857. The molecule has 1 saturated carbocycles. The van der Waals surface area contributed by atoms with Crippen LogP contribution in [0, 0.1) is 5.41 Å². The lowest BCUT2D eigenvalue weighted by Crippen LogP contribution is -2.42. The molecule has 2 rings (SSSR count). The summed E-state index contributed by atoms with van der Waals surface area (Å²) in [6.07, 6.45) is 14.1. The Balaban J connectivity index is 1.74. The van der Waals surface area contributed by atoms with Crippen molar-refractivity contribution in [1.82, 2.24) is 5.32 Å². The molecule has 0 bridgehead atoms. The molecular weight excluding hydrogens is 182 g/mol. The van der Waals surface area contributed by atoms with Crippen LogP contribution >= 0.6 is 0 Å². The highest BCUT2D eigenvalue weighted by molar-refractivity contribution is 4.94. The molecule has 2 aliphatic carbocycles. The molecule has 1 N–H and O–H groups in total. The van der Waals surface area contributed by atoms with E-state index in [4.69, 9.17) is 0 Å². The average Bonchev–Trinajstić information content (AvgIpc) is 2.23. The summed E-state index contributed by atoms with van der Waals surface area (Å²) in [6.45, 7) is 4.82. The van der Waals surface area contributed by atoms with Crippen molar-refractivity contribution in [2.24, 2.45) is 5.41 Å². The topological polar surface area (TPSA) is 12.0 Å². The van der Waals surface area contributed by atoms with Crippen LogP contribution < -0.4 is 5.32 Å². The number of hydrogen-bond donors (Lipinski definition) is 1. The standard InChI is InChI=1S/C14H25N/c1-14(2)10-8-13(9-11-14)15-12-6-4-3-5-7-12/h3-4,12-13,15H,5-11H2,1-2H3. The fourth-order valence-electron chi connectivity index (χ4n) is 2.84. The predicted octanol–water partition coefficient (Wildman–Crippen LogP) is 3.65. The molecule has 1 nitrogen and oxygen atoms in total. The van der Waals surface area contributed by atoms with E-state index in [1.807, 2.05) is 0 Å². The maximum Gasteiger partial charge on any atom is 0.0107 e. The van der Waals surface area contributed by atoms with Gasteiger partial charge >= 0.3 is 0 Å². The van der Waals surface area contributed by atoms with Gasteiger partial charge in [0.15, 0.2) is 0 Å². The third-order valence-electron chi connectivity index (χ3n) is 4.08. The summed E-state index contributed by atoms with van der Waals surface area (Å²) in [7, 11) is 0. The summed E-state index contributed by atoms with van der Waals surface area (Å²) in [4.78, 5) is 0. The van der Waals surface area contributed by atoms with E-state index in [0.29, 0.717) is 5.41 Å².